The summed E-state index contributed by atoms with van der Waals surface area (Å²) in [5, 5.41) is 8.74. The van der Waals surface area contributed by atoms with Crippen LogP contribution < -0.4 is 0 Å². The van der Waals surface area contributed by atoms with E-state index in [-0.39, 0.29) is 12.4 Å². The first-order valence-corrected chi connectivity index (χ1v) is 6.84. The molecule has 0 aromatic heterocycles. The number of thioether (sulfide) groups is 1. The minimum atomic E-state index is -0.224. The molecule has 0 amide bonds. The van der Waals surface area contributed by atoms with E-state index < -0.39 is 0 Å². The number of rotatable bonds is 3. The molecule has 0 spiro atoms. The van der Waals surface area contributed by atoms with E-state index in [4.69, 9.17) is 5.11 Å². The molecule has 0 radical (unpaired) electrons. The van der Waals surface area contributed by atoms with E-state index >= 15 is 0 Å². The fraction of sp³-hybridized carbons (Fsp3) is 0.125. The predicted octanol–water partition coefficient (Wildman–Crippen LogP) is 3.46. The maximum Gasteiger partial charge on any atom is 0.123 e. The van der Waals surface area contributed by atoms with Crippen molar-refractivity contribution >= 4 is 11.8 Å². The Balaban J connectivity index is 2.09. The quantitative estimate of drug-likeness (QED) is 0.682. The number of hydrogen-bond donors (Lipinski definition) is 1. The summed E-state index contributed by atoms with van der Waals surface area (Å²) >= 11 is 1.63. The zero-order valence-corrected chi connectivity index (χ0v) is 11.1. The first-order chi connectivity index (χ1) is 9.29. The van der Waals surface area contributed by atoms with Crippen molar-refractivity contribution in [3.8, 4) is 11.8 Å². The summed E-state index contributed by atoms with van der Waals surface area (Å²) in [6.07, 6.45) is 0. The van der Waals surface area contributed by atoms with Gasteiger partial charge < -0.3 is 5.11 Å². The van der Waals surface area contributed by atoms with Crippen molar-refractivity contribution in [2.24, 2.45) is 0 Å². The molecule has 0 atom stereocenters. The molecule has 0 aliphatic heterocycles. The zero-order chi connectivity index (χ0) is 13.5. The number of benzene rings is 2. The highest BCUT2D eigenvalue weighted by Gasteiger charge is 2.01. The highest BCUT2D eigenvalue weighted by Crippen LogP contribution is 2.24. The number of aliphatic hydroxyl groups excluding tert-OH is 1. The Morgan fingerprint density at radius 3 is 2.53 bits per heavy atom. The van der Waals surface area contributed by atoms with Crippen LogP contribution in [0.1, 0.15) is 11.1 Å². The molecule has 0 fully saturated rings. The number of halogens is 1. The first kappa shape index (κ1) is 13.7. The van der Waals surface area contributed by atoms with Gasteiger partial charge in [0.05, 0.1) is 0 Å². The largest absolute Gasteiger partial charge is 0.384 e. The molecule has 0 aliphatic carbocycles. The average molecular weight is 272 g/mol. The Morgan fingerprint density at radius 1 is 1.05 bits per heavy atom. The van der Waals surface area contributed by atoms with Gasteiger partial charge in [-0.1, -0.05) is 30.0 Å². The number of aliphatic hydroxyl groups is 1. The van der Waals surface area contributed by atoms with E-state index in [9.17, 15) is 4.39 Å². The van der Waals surface area contributed by atoms with E-state index in [1.807, 2.05) is 24.3 Å². The van der Waals surface area contributed by atoms with Crippen molar-refractivity contribution in [2.75, 3.05) is 6.61 Å². The van der Waals surface area contributed by atoms with Crippen LogP contribution in [-0.4, -0.2) is 11.7 Å². The topological polar surface area (TPSA) is 20.2 Å². The van der Waals surface area contributed by atoms with E-state index in [2.05, 4.69) is 11.8 Å². The molecule has 0 aliphatic rings. The van der Waals surface area contributed by atoms with E-state index in [1.165, 1.54) is 12.1 Å². The molecule has 1 nitrogen and oxygen atoms in total. The molecular weight excluding hydrogens is 259 g/mol. The van der Waals surface area contributed by atoms with Gasteiger partial charge in [0.15, 0.2) is 0 Å². The number of hydrogen-bond acceptors (Lipinski definition) is 2. The minimum absolute atomic E-state index is 0.139. The molecule has 0 unspecified atom stereocenters. The van der Waals surface area contributed by atoms with Gasteiger partial charge in [0.25, 0.3) is 0 Å². The van der Waals surface area contributed by atoms with Gasteiger partial charge in [0, 0.05) is 16.2 Å². The SMILES string of the molecule is OCC#Cc1ccccc1CSc1ccc(F)cc1. The van der Waals surface area contributed by atoms with Crippen LogP contribution in [0.4, 0.5) is 4.39 Å². The van der Waals surface area contributed by atoms with Crippen LogP contribution in [0, 0.1) is 17.7 Å². The second-order valence-corrected chi connectivity index (χ2v) is 4.91. The predicted molar refractivity (Wildman–Crippen MR) is 76.4 cm³/mol. The van der Waals surface area contributed by atoms with Crippen molar-refractivity contribution < 1.29 is 9.50 Å². The third kappa shape index (κ3) is 4.13. The van der Waals surface area contributed by atoms with Gasteiger partial charge in [-0.2, -0.15) is 0 Å². The van der Waals surface area contributed by atoms with Crippen molar-refractivity contribution in [3.05, 3.63) is 65.5 Å². The van der Waals surface area contributed by atoms with Gasteiger partial charge in [-0.3, -0.25) is 0 Å². The summed E-state index contributed by atoms with van der Waals surface area (Å²) in [5.74, 6) is 6.13. The Kier molecular flexibility index (Phi) is 5.02. The zero-order valence-electron chi connectivity index (χ0n) is 10.3. The van der Waals surface area contributed by atoms with Gasteiger partial charge >= 0.3 is 0 Å². The summed E-state index contributed by atoms with van der Waals surface area (Å²) in [6, 6.07) is 14.3. The molecule has 0 saturated carbocycles. The Hall–Kier alpha value is -1.76. The Morgan fingerprint density at radius 2 is 1.79 bits per heavy atom. The van der Waals surface area contributed by atoms with Crippen LogP contribution in [0.25, 0.3) is 0 Å². The molecule has 2 rings (SSSR count). The summed E-state index contributed by atoms with van der Waals surface area (Å²) < 4.78 is 12.8. The van der Waals surface area contributed by atoms with Crippen molar-refractivity contribution in [1.82, 2.24) is 0 Å². The third-order valence-electron chi connectivity index (χ3n) is 2.53. The van der Waals surface area contributed by atoms with Gasteiger partial charge in [-0.05, 0) is 35.9 Å². The summed E-state index contributed by atoms with van der Waals surface area (Å²) in [6.45, 7) is -0.139. The fourth-order valence-electron chi connectivity index (χ4n) is 1.59. The first-order valence-electron chi connectivity index (χ1n) is 5.85. The lowest BCUT2D eigenvalue weighted by atomic mass is 10.1. The standard InChI is InChI=1S/C16H13FOS/c17-15-7-9-16(10-8-15)19-12-14-5-2-1-4-13(14)6-3-11-18/h1-2,4-5,7-10,18H,11-12H2. The maximum atomic E-state index is 12.8. The highest BCUT2D eigenvalue weighted by molar-refractivity contribution is 7.98. The van der Waals surface area contributed by atoms with E-state index in [0.717, 1.165) is 21.8 Å². The molecule has 3 heteroatoms. The lowest BCUT2D eigenvalue weighted by Gasteiger charge is -2.04. The Bertz CT molecular complexity index is 596. The van der Waals surface area contributed by atoms with Crippen LogP contribution in [-0.2, 0) is 5.75 Å². The molecular formula is C16H13FOS. The van der Waals surface area contributed by atoms with Crippen molar-refractivity contribution in [1.29, 1.82) is 0 Å². The second-order valence-electron chi connectivity index (χ2n) is 3.86. The minimum Gasteiger partial charge on any atom is -0.384 e. The van der Waals surface area contributed by atoms with Crippen LogP contribution in [0.2, 0.25) is 0 Å². The molecule has 1 N–H and O–H groups in total. The van der Waals surface area contributed by atoms with Crippen molar-refractivity contribution in [2.45, 2.75) is 10.6 Å². The summed E-state index contributed by atoms with van der Waals surface area (Å²) in [7, 11) is 0. The van der Waals surface area contributed by atoms with Gasteiger partial charge in [0.1, 0.15) is 12.4 Å². The molecule has 0 saturated heterocycles. The molecule has 2 aromatic rings. The third-order valence-corrected chi connectivity index (χ3v) is 3.59. The molecule has 0 heterocycles. The monoisotopic (exact) mass is 272 g/mol. The van der Waals surface area contributed by atoms with Crippen LogP contribution in [0.15, 0.2) is 53.4 Å². The normalized spacial score (nSPS) is 9.79. The second kappa shape index (κ2) is 6.98. The average Bonchev–Trinajstić information content (AvgIpc) is 2.45. The lowest BCUT2D eigenvalue weighted by molar-refractivity contribution is 0.350. The van der Waals surface area contributed by atoms with E-state index in [1.54, 1.807) is 23.9 Å². The molecule has 2 aromatic carbocycles. The van der Waals surface area contributed by atoms with E-state index in [0.29, 0.717) is 0 Å². The molecule has 96 valence electrons. The molecule has 19 heavy (non-hydrogen) atoms. The summed E-state index contributed by atoms with van der Waals surface area (Å²) in [5.41, 5.74) is 2.03. The lowest BCUT2D eigenvalue weighted by Crippen LogP contribution is -1.87. The van der Waals surface area contributed by atoms with Gasteiger partial charge in [-0.15, -0.1) is 11.8 Å². The van der Waals surface area contributed by atoms with Crippen LogP contribution in [0.5, 0.6) is 0 Å². The fourth-order valence-corrected chi connectivity index (χ4v) is 2.50. The van der Waals surface area contributed by atoms with Crippen LogP contribution >= 0.6 is 11.8 Å². The van der Waals surface area contributed by atoms with Gasteiger partial charge in [-0.25, -0.2) is 4.39 Å². The maximum absolute atomic E-state index is 12.8. The molecule has 0 bridgehead atoms. The highest BCUT2D eigenvalue weighted by atomic mass is 32.2. The van der Waals surface area contributed by atoms with Crippen LogP contribution in [0.3, 0.4) is 0 Å². The summed E-state index contributed by atoms with van der Waals surface area (Å²) in [4.78, 5) is 1.02. The smallest absolute Gasteiger partial charge is 0.123 e. The van der Waals surface area contributed by atoms with Crippen molar-refractivity contribution in [3.63, 3.8) is 0 Å². The van der Waals surface area contributed by atoms with Gasteiger partial charge in [0.2, 0.25) is 0 Å². The Labute approximate surface area is 116 Å².